The molecule has 3 heterocycles. The Morgan fingerprint density at radius 1 is 1.13 bits per heavy atom. The van der Waals surface area contributed by atoms with Crippen molar-refractivity contribution in [3.05, 3.63) is 81.8 Å². The highest BCUT2D eigenvalue weighted by Gasteiger charge is 2.37. The van der Waals surface area contributed by atoms with Crippen LogP contribution in [0.4, 0.5) is 5.69 Å². The summed E-state index contributed by atoms with van der Waals surface area (Å²) >= 11 is 0. The molecule has 0 spiro atoms. The lowest BCUT2D eigenvalue weighted by Gasteiger charge is -2.33. The maximum Gasteiger partial charge on any atom is 0.272 e. The molecule has 2 atom stereocenters. The summed E-state index contributed by atoms with van der Waals surface area (Å²) in [6, 6.07) is 14.2. The van der Waals surface area contributed by atoms with Gasteiger partial charge in [-0.1, -0.05) is 30.3 Å². The number of anilines is 1. The minimum Gasteiger partial charge on any atom is -0.377 e. The van der Waals surface area contributed by atoms with E-state index in [1.807, 2.05) is 25.2 Å². The van der Waals surface area contributed by atoms with Crippen molar-refractivity contribution in [2.24, 2.45) is 7.05 Å². The molecule has 0 radical (unpaired) electrons. The van der Waals surface area contributed by atoms with Crippen LogP contribution in [0.25, 0.3) is 10.8 Å². The quantitative estimate of drug-likeness (QED) is 0.546. The van der Waals surface area contributed by atoms with E-state index >= 15 is 0 Å². The van der Waals surface area contributed by atoms with Crippen molar-refractivity contribution in [2.45, 2.75) is 18.5 Å². The Hall–Kier alpha value is -3.52. The molecule has 30 heavy (non-hydrogen) atoms. The van der Waals surface area contributed by atoms with Crippen LogP contribution < -0.4 is 10.9 Å². The van der Waals surface area contributed by atoms with Gasteiger partial charge < -0.3 is 10.2 Å². The predicted molar refractivity (Wildman–Crippen MR) is 115 cm³/mol. The molecule has 4 aromatic rings. The molecule has 1 aliphatic heterocycles. The normalized spacial score (nSPS) is 18.0. The molecule has 0 amide bonds. The van der Waals surface area contributed by atoms with Gasteiger partial charge in [0.05, 0.1) is 23.0 Å². The molecule has 2 aromatic heterocycles. The average molecular weight is 401 g/mol. The van der Waals surface area contributed by atoms with E-state index in [-0.39, 0.29) is 17.5 Å². The standard InChI is InChI=1S/C22H23N7O/c1-28(2)11-13-7-9-14(10-8-13)19-18(21-23-12-24-29(21)3)20-17-15(22(30)27-26-20)5-4-6-16(17)25-19/h4-10,12,18-19,25H,11H2,1-3H3,(H,27,30). The van der Waals surface area contributed by atoms with Gasteiger partial charge in [0, 0.05) is 24.7 Å². The van der Waals surface area contributed by atoms with E-state index in [1.54, 1.807) is 11.0 Å². The first kappa shape index (κ1) is 18.5. The van der Waals surface area contributed by atoms with Crippen LogP contribution in [0, 0.1) is 0 Å². The number of aryl methyl sites for hydroxylation is 1. The molecular weight excluding hydrogens is 378 g/mol. The maximum atomic E-state index is 12.4. The van der Waals surface area contributed by atoms with Crippen molar-refractivity contribution in [3.8, 4) is 0 Å². The lowest BCUT2D eigenvalue weighted by Crippen LogP contribution is -2.29. The second kappa shape index (κ2) is 7.07. The lowest BCUT2D eigenvalue weighted by molar-refractivity contribution is 0.402. The number of rotatable bonds is 4. The topological polar surface area (TPSA) is 91.7 Å². The van der Waals surface area contributed by atoms with Crippen LogP contribution in [0.1, 0.15) is 34.6 Å². The Labute approximate surface area is 173 Å². The van der Waals surface area contributed by atoms with Crippen LogP contribution in [0.15, 0.2) is 53.6 Å². The van der Waals surface area contributed by atoms with Crippen LogP contribution in [0.2, 0.25) is 0 Å². The molecule has 2 aromatic carbocycles. The van der Waals surface area contributed by atoms with Gasteiger partial charge in [0.25, 0.3) is 5.56 Å². The molecule has 0 aliphatic carbocycles. The lowest BCUT2D eigenvalue weighted by atomic mass is 9.83. The van der Waals surface area contributed by atoms with Crippen molar-refractivity contribution in [3.63, 3.8) is 0 Å². The Morgan fingerprint density at radius 2 is 1.93 bits per heavy atom. The Kier molecular flexibility index (Phi) is 4.36. The van der Waals surface area contributed by atoms with E-state index in [2.05, 4.69) is 68.9 Å². The third-order valence-corrected chi connectivity index (χ3v) is 5.64. The second-order valence-corrected chi connectivity index (χ2v) is 7.99. The molecule has 8 nitrogen and oxygen atoms in total. The van der Waals surface area contributed by atoms with Gasteiger partial charge in [-0.25, -0.2) is 10.1 Å². The first-order chi connectivity index (χ1) is 14.5. The molecule has 152 valence electrons. The zero-order valence-electron chi connectivity index (χ0n) is 17.1. The second-order valence-electron chi connectivity index (χ2n) is 7.99. The molecule has 0 fully saturated rings. The summed E-state index contributed by atoms with van der Waals surface area (Å²) in [7, 11) is 6.00. The van der Waals surface area contributed by atoms with Gasteiger partial charge in [-0.05, 0) is 37.4 Å². The number of aromatic amines is 1. The largest absolute Gasteiger partial charge is 0.377 e. The summed E-state index contributed by atoms with van der Waals surface area (Å²) < 4.78 is 1.77. The smallest absolute Gasteiger partial charge is 0.272 e. The minimum atomic E-state index is -0.202. The first-order valence-electron chi connectivity index (χ1n) is 9.88. The fourth-order valence-electron chi connectivity index (χ4n) is 4.33. The van der Waals surface area contributed by atoms with Gasteiger partial charge >= 0.3 is 0 Å². The zero-order chi connectivity index (χ0) is 20.8. The van der Waals surface area contributed by atoms with Crippen LogP contribution in [0.3, 0.4) is 0 Å². The summed E-state index contributed by atoms with van der Waals surface area (Å²) in [4.78, 5) is 19.1. The van der Waals surface area contributed by atoms with Crippen LogP contribution in [-0.2, 0) is 13.6 Å². The molecule has 8 heteroatoms. The number of aromatic nitrogens is 5. The van der Waals surface area contributed by atoms with E-state index in [1.165, 1.54) is 5.56 Å². The number of benzene rings is 2. The Balaban J connectivity index is 1.69. The van der Waals surface area contributed by atoms with Crippen LogP contribution >= 0.6 is 0 Å². The van der Waals surface area contributed by atoms with E-state index < -0.39 is 0 Å². The predicted octanol–water partition coefficient (Wildman–Crippen LogP) is 2.41. The van der Waals surface area contributed by atoms with E-state index in [0.717, 1.165) is 34.7 Å². The number of hydrogen-bond donors (Lipinski definition) is 2. The summed E-state index contributed by atoms with van der Waals surface area (Å²) in [5.41, 5.74) is 3.89. The number of hydrogen-bond acceptors (Lipinski definition) is 6. The summed E-state index contributed by atoms with van der Waals surface area (Å²) in [6.07, 6.45) is 1.55. The maximum absolute atomic E-state index is 12.4. The fraction of sp³-hybridized carbons (Fsp3) is 0.273. The summed E-state index contributed by atoms with van der Waals surface area (Å²) in [5.74, 6) is 0.590. The molecule has 2 N–H and O–H groups in total. The number of H-pyrrole nitrogens is 1. The third-order valence-electron chi connectivity index (χ3n) is 5.64. The molecule has 0 bridgehead atoms. The molecule has 5 rings (SSSR count). The number of nitrogens with one attached hydrogen (secondary N) is 2. The minimum absolute atomic E-state index is 0.0993. The highest BCUT2D eigenvalue weighted by molar-refractivity contribution is 5.97. The van der Waals surface area contributed by atoms with Gasteiger partial charge in [0.2, 0.25) is 0 Å². The molecule has 0 saturated heterocycles. The molecule has 0 saturated carbocycles. The van der Waals surface area contributed by atoms with Gasteiger partial charge in [-0.3, -0.25) is 9.48 Å². The number of nitrogens with zero attached hydrogens (tertiary/aromatic N) is 5. The zero-order valence-corrected chi connectivity index (χ0v) is 17.1. The average Bonchev–Trinajstić information content (AvgIpc) is 3.16. The summed E-state index contributed by atoms with van der Waals surface area (Å²) in [5, 5.41) is 16.5. The van der Waals surface area contributed by atoms with Crippen LogP contribution in [0.5, 0.6) is 0 Å². The van der Waals surface area contributed by atoms with Crippen molar-refractivity contribution in [2.75, 3.05) is 19.4 Å². The van der Waals surface area contributed by atoms with E-state index in [4.69, 9.17) is 0 Å². The van der Waals surface area contributed by atoms with Crippen molar-refractivity contribution in [1.82, 2.24) is 29.9 Å². The Morgan fingerprint density at radius 3 is 2.63 bits per heavy atom. The molecule has 1 aliphatic rings. The van der Waals surface area contributed by atoms with Gasteiger partial charge in [-0.2, -0.15) is 10.2 Å². The van der Waals surface area contributed by atoms with Gasteiger partial charge in [0.1, 0.15) is 12.2 Å². The van der Waals surface area contributed by atoms with Gasteiger partial charge in [0.15, 0.2) is 0 Å². The van der Waals surface area contributed by atoms with Crippen molar-refractivity contribution < 1.29 is 0 Å². The van der Waals surface area contributed by atoms with Crippen LogP contribution in [-0.4, -0.2) is 44.0 Å². The Bertz CT molecular complexity index is 1270. The first-order valence-corrected chi connectivity index (χ1v) is 9.88. The van der Waals surface area contributed by atoms with Gasteiger partial charge in [-0.15, -0.1) is 0 Å². The van der Waals surface area contributed by atoms with Crippen molar-refractivity contribution >= 4 is 16.5 Å². The van der Waals surface area contributed by atoms with E-state index in [9.17, 15) is 4.79 Å². The summed E-state index contributed by atoms with van der Waals surface area (Å²) in [6.45, 7) is 0.885. The SMILES string of the molecule is CN(C)Cc1ccc(C2Nc3cccc4c(=O)[nH]nc(c34)C2c2ncnn2C)cc1. The molecular formula is C22H23N7O. The molecule has 2 unspecified atom stereocenters. The fourth-order valence-corrected chi connectivity index (χ4v) is 4.33. The highest BCUT2D eigenvalue weighted by atomic mass is 16.1. The van der Waals surface area contributed by atoms with E-state index in [0.29, 0.717) is 5.39 Å². The third kappa shape index (κ3) is 2.96. The monoisotopic (exact) mass is 401 g/mol. The van der Waals surface area contributed by atoms with Crippen molar-refractivity contribution in [1.29, 1.82) is 0 Å². The highest BCUT2D eigenvalue weighted by Crippen LogP contribution is 2.45.